The Morgan fingerprint density at radius 2 is 2.14 bits per heavy atom. The highest BCUT2D eigenvalue weighted by atomic mass is 16.5. The molecule has 1 aliphatic rings. The number of rotatable bonds is 3. The van der Waals surface area contributed by atoms with Gasteiger partial charge in [-0.15, -0.1) is 0 Å². The molecule has 108 valence electrons. The highest BCUT2D eigenvalue weighted by Crippen LogP contribution is 2.30. The van der Waals surface area contributed by atoms with Gasteiger partial charge in [0.2, 0.25) is 5.91 Å². The van der Waals surface area contributed by atoms with Gasteiger partial charge in [0.05, 0.1) is 5.69 Å². The van der Waals surface area contributed by atoms with Crippen molar-refractivity contribution in [1.29, 1.82) is 0 Å². The van der Waals surface area contributed by atoms with Gasteiger partial charge < -0.3 is 19.9 Å². The van der Waals surface area contributed by atoms with Crippen LogP contribution in [0.15, 0.2) is 42.7 Å². The zero-order chi connectivity index (χ0) is 14.8. The standard InChI is InChI=1S/C15H15N3O3/c1-10(18-6-2-3-7-18)15(20)16-11-4-5-12-13(8-11)21-9-14(19)17-12/h2-8,10H,9H2,1H3,(H,16,20)(H,17,19)/t10-/m1/s1. The molecule has 1 aromatic carbocycles. The Hall–Kier alpha value is -2.76. The summed E-state index contributed by atoms with van der Waals surface area (Å²) in [5.74, 6) is 0.257. The van der Waals surface area contributed by atoms with Gasteiger partial charge in [-0.05, 0) is 31.2 Å². The van der Waals surface area contributed by atoms with Crippen LogP contribution in [0.4, 0.5) is 11.4 Å². The van der Waals surface area contributed by atoms with E-state index < -0.39 is 0 Å². The molecule has 1 atom stereocenters. The lowest BCUT2D eigenvalue weighted by Gasteiger charge is -2.19. The summed E-state index contributed by atoms with van der Waals surface area (Å²) in [6.07, 6.45) is 3.69. The highest BCUT2D eigenvalue weighted by molar-refractivity contribution is 5.97. The molecule has 2 amide bonds. The first-order chi connectivity index (χ1) is 10.1. The van der Waals surface area contributed by atoms with Gasteiger partial charge in [-0.1, -0.05) is 0 Å². The predicted octanol–water partition coefficient (Wildman–Crippen LogP) is 2.02. The van der Waals surface area contributed by atoms with Gasteiger partial charge in [-0.25, -0.2) is 0 Å². The molecule has 0 spiro atoms. The van der Waals surface area contributed by atoms with E-state index in [1.54, 1.807) is 18.2 Å². The van der Waals surface area contributed by atoms with Gasteiger partial charge in [0.1, 0.15) is 11.8 Å². The number of nitrogens with zero attached hydrogens (tertiary/aromatic N) is 1. The van der Waals surface area contributed by atoms with Crippen molar-refractivity contribution in [3.63, 3.8) is 0 Å². The van der Waals surface area contributed by atoms with Crippen LogP contribution in [0, 0.1) is 0 Å². The molecule has 0 bridgehead atoms. The molecule has 3 rings (SSSR count). The molecule has 0 saturated carbocycles. The van der Waals surface area contributed by atoms with Crippen LogP contribution in [-0.2, 0) is 9.59 Å². The van der Waals surface area contributed by atoms with E-state index in [0.29, 0.717) is 17.1 Å². The second-order valence-electron chi connectivity index (χ2n) is 4.84. The number of ether oxygens (including phenoxy) is 1. The van der Waals surface area contributed by atoms with E-state index in [9.17, 15) is 9.59 Å². The van der Waals surface area contributed by atoms with Gasteiger partial charge in [-0.3, -0.25) is 9.59 Å². The van der Waals surface area contributed by atoms with E-state index in [1.165, 1.54) is 0 Å². The monoisotopic (exact) mass is 285 g/mol. The number of carbonyl (C=O) groups is 2. The third-order valence-corrected chi connectivity index (χ3v) is 3.34. The van der Waals surface area contributed by atoms with Crippen molar-refractivity contribution in [2.24, 2.45) is 0 Å². The first-order valence-electron chi connectivity index (χ1n) is 6.63. The van der Waals surface area contributed by atoms with Crippen LogP contribution in [0.2, 0.25) is 0 Å². The summed E-state index contributed by atoms with van der Waals surface area (Å²) in [6.45, 7) is 1.81. The average Bonchev–Trinajstić information content (AvgIpc) is 3.00. The maximum atomic E-state index is 12.2. The summed E-state index contributed by atoms with van der Waals surface area (Å²) in [4.78, 5) is 23.4. The number of carbonyl (C=O) groups excluding carboxylic acids is 2. The van der Waals surface area contributed by atoms with E-state index in [-0.39, 0.29) is 24.5 Å². The fraction of sp³-hybridized carbons (Fsp3) is 0.200. The summed E-state index contributed by atoms with van der Waals surface area (Å²) < 4.78 is 7.15. The number of fused-ring (bicyclic) bond motifs is 1. The molecule has 0 unspecified atom stereocenters. The minimum absolute atomic E-state index is 0.00975. The van der Waals surface area contributed by atoms with Gasteiger partial charge in [-0.2, -0.15) is 0 Å². The molecule has 2 N–H and O–H groups in total. The Kier molecular flexibility index (Phi) is 3.35. The molecule has 2 aromatic rings. The lowest BCUT2D eigenvalue weighted by Crippen LogP contribution is -2.26. The quantitative estimate of drug-likeness (QED) is 0.906. The first-order valence-corrected chi connectivity index (χ1v) is 6.63. The third kappa shape index (κ3) is 2.74. The summed E-state index contributed by atoms with van der Waals surface area (Å²) >= 11 is 0. The van der Waals surface area contributed by atoms with Crippen LogP contribution in [0.1, 0.15) is 13.0 Å². The Bertz CT molecular complexity index is 679. The number of anilines is 2. The van der Waals surface area contributed by atoms with Crippen molar-refractivity contribution in [2.75, 3.05) is 17.2 Å². The maximum Gasteiger partial charge on any atom is 0.262 e. The predicted molar refractivity (Wildman–Crippen MR) is 78.3 cm³/mol. The van der Waals surface area contributed by atoms with Crippen LogP contribution < -0.4 is 15.4 Å². The van der Waals surface area contributed by atoms with Crippen molar-refractivity contribution in [2.45, 2.75) is 13.0 Å². The molecule has 0 saturated heterocycles. The van der Waals surface area contributed by atoms with Crippen molar-refractivity contribution in [3.8, 4) is 5.75 Å². The lowest BCUT2D eigenvalue weighted by molar-refractivity contribution is -0.119. The summed E-state index contributed by atoms with van der Waals surface area (Å²) in [5, 5.41) is 5.54. The molecule has 1 aliphatic heterocycles. The molecule has 6 nitrogen and oxygen atoms in total. The van der Waals surface area contributed by atoms with Crippen molar-refractivity contribution >= 4 is 23.2 Å². The number of aromatic nitrogens is 1. The summed E-state index contributed by atoms with van der Waals surface area (Å²) in [7, 11) is 0. The van der Waals surface area contributed by atoms with Crippen LogP contribution in [0.3, 0.4) is 0 Å². The first kappa shape index (κ1) is 13.2. The van der Waals surface area contributed by atoms with E-state index in [2.05, 4.69) is 10.6 Å². The Balaban J connectivity index is 1.73. The molecular formula is C15H15N3O3. The van der Waals surface area contributed by atoms with Crippen LogP contribution in [0.5, 0.6) is 5.75 Å². The molecule has 21 heavy (non-hydrogen) atoms. The van der Waals surface area contributed by atoms with Crippen molar-refractivity contribution < 1.29 is 14.3 Å². The molecule has 1 aromatic heterocycles. The van der Waals surface area contributed by atoms with Crippen LogP contribution in [0.25, 0.3) is 0 Å². The van der Waals surface area contributed by atoms with Crippen LogP contribution in [-0.4, -0.2) is 23.0 Å². The maximum absolute atomic E-state index is 12.2. The molecule has 0 aliphatic carbocycles. The fourth-order valence-corrected chi connectivity index (χ4v) is 2.14. The molecule has 0 radical (unpaired) electrons. The number of hydrogen-bond acceptors (Lipinski definition) is 3. The summed E-state index contributed by atoms with van der Waals surface area (Å²) in [6, 6.07) is 8.58. The van der Waals surface area contributed by atoms with Crippen LogP contribution >= 0.6 is 0 Å². The van der Waals surface area contributed by atoms with Gasteiger partial charge in [0, 0.05) is 24.1 Å². The smallest absolute Gasteiger partial charge is 0.262 e. The number of benzene rings is 1. The number of nitrogens with one attached hydrogen (secondary N) is 2. The van der Waals surface area contributed by atoms with E-state index in [4.69, 9.17) is 4.74 Å². The van der Waals surface area contributed by atoms with E-state index in [0.717, 1.165) is 0 Å². The minimum Gasteiger partial charge on any atom is -0.482 e. The lowest BCUT2D eigenvalue weighted by atomic mass is 10.2. The fourth-order valence-electron chi connectivity index (χ4n) is 2.14. The molecular weight excluding hydrogens is 270 g/mol. The molecule has 0 fully saturated rings. The SMILES string of the molecule is C[C@H](C(=O)Nc1ccc2c(c1)OCC(=O)N2)n1cccc1. The second-order valence-corrected chi connectivity index (χ2v) is 4.84. The second kappa shape index (κ2) is 5.32. The van der Waals surface area contributed by atoms with Gasteiger partial charge in [0.15, 0.2) is 6.61 Å². The highest BCUT2D eigenvalue weighted by Gasteiger charge is 2.18. The largest absolute Gasteiger partial charge is 0.482 e. The number of amides is 2. The Morgan fingerprint density at radius 3 is 2.90 bits per heavy atom. The van der Waals surface area contributed by atoms with Crippen molar-refractivity contribution in [3.05, 3.63) is 42.7 Å². The van der Waals surface area contributed by atoms with E-state index >= 15 is 0 Å². The average molecular weight is 285 g/mol. The van der Waals surface area contributed by atoms with Gasteiger partial charge >= 0.3 is 0 Å². The minimum atomic E-state index is -0.309. The Morgan fingerprint density at radius 1 is 1.38 bits per heavy atom. The normalized spacial score (nSPS) is 14.6. The zero-order valence-electron chi connectivity index (χ0n) is 11.5. The molecule has 6 heteroatoms. The molecule has 2 heterocycles. The zero-order valence-corrected chi connectivity index (χ0v) is 11.5. The third-order valence-electron chi connectivity index (χ3n) is 3.34. The Labute approximate surface area is 121 Å². The van der Waals surface area contributed by atoms with Gasteiger partial charge in [0.25, 0.3) is 5.91 Å². The topological polar surface area (TPSA) is 72.4 Å². The summed E-state index contributed by atoms with van der Waals surface area (Å²) in [5.41, 5.74) is 1.25. The number of hydrogen-bond donors (Lipinski definition) is 2. The van der Waals surface area contributed by atoms with E-state index in [1.807, 2.05) is 36.0 Å². The van der Waals surface area contributed by atoms with Crippen molar-refractivity contribution in [1.82, 2.24) is 4.57 Å².